The van der Waals surface area contributed by atoms with E-state index in [1.807, 2.05) is 0 Å². The van der Waals surface area contributed by atoms with Gasteiger partial charge in [-0.15, -0.1) is 0 Å². The maximum absolute atomic E-state index is 13.6. The van der Waals surface area contributed by atoms with Gasteiger partial charge in [0, 0.05) is 12.6 Å². The number of nitrogens with two attached hydrogens (primary N) is 1. The fraction of sp³-hybridized carbons (Fsp3) is 0.538. The molecule has 8 heteroatoms. The lowest BCUT2D eigenvalue weighted by Crippen LogP contribution is -2.29. The van der Waals surface area contributed by atoms with Crippen molar-refractivity contribution in [2.24, 2.45) is 0 Å². The Labute approximate surface area is 123 Å². The van der Waals surface area contributed by atoms with E-state index in [0.29, 0.717) is 12.5 Å². The van der Waals surface area contributed by atoms with Crippen LogP contribution in [0.4, 0.5) is 14.5 Å². The summed E-state index contributed by atoms with van der Waals surface area (Å²) >= 11 is 0. The first-order valence-electron chi connectivity index (χ1n) is 6.87. The molecule has 1 aliphatic heterocycles. The number of nitrogens with one attached hydrogen (secondary N) is 1. The summed E-state index contributed by atoms with van der Waals surface area (Å²) in [7, 11) is -4.02. The molecule has 0 unspecified atom stereocenters. The molecule has 21 heavy (non-hydrogen) atoms. The number of rotatable bonds is 6. The van der Waals surface area contributed by atoms with Crippen molar-refractivity contribution in [1.82, 2.24) is 9.62 Å². The molecule has 0 bridgehead atoms. The minimum atomic E-state index is -4.02. The predicted octanol–water partition coefficient (Wildman–Crippen LogP) is 1.31. The van der Waals surface area contributed by atoms with Gasteiger partial charge in [-0.1, -0.05) is 0 Å². The van der Waals surface area contributed by atoms with Gasteiger partial charge in [-0.2, -0.15) is 0 Å². The van der Waals surface area contributed by atoms with Crippen molar-refractivity contribution < 1.29 is 17.2 Å². The average Bonchev–Trinajstić information content (AvgIpc) is 2.92. The number of hydrogen-bond donors (Lipinski definition) is 2. The van der Waals surface area contributed by atoms with Gasteiger partial charge in [0.15, 0.2) is 0 Å². The van der Waals surface area contributed by atoms with Crippen LogP contribution < -0.4 is 10.5 Å². The summed E-state index contributed by atoms with van der Waals surface area (Å²) in [4.78, 5) is 1.63. The number of nitrogens with zero attached hydrogens (tertiary/aromatic N) is 1. The molecule has 1 saturated heterocycles. The predicted molar refractivity (Wildman–Crippen MR) is 76.2 cm³/mol. The van der Waals surface area contributed by atoms with Gasteiger partial charge in [0.1, 0.15) is 16.5 Å². The molecule has 0 aromatic heterocycles. The first-order chi connectivity index (χ1) is 9.90. The highest BCUT2D eigenvalue weighted by Crippen LogP contribution is 2.20. The molecular formula is C13H19F2N3O2S. The van der Waals surface area contributed by atoms with Crippen molar-refractivity contribution in [2.45, 2.75) is 24.2 Å². The zero-order valence-corrected chi connectivity index (χ0v) is 12.4. The van der Waals surface area contributed by atoms with Crippen molar-refractivity contribution in [3.63, 3.8) is 0 Å². The molecule has 1 aromatic rings. The summed E-state index contributed by atoms with van der Waals surface area (Å²) < 4.78 is 52.9. The normalized spacial score (nSPS) is 16.5. The molecule has 0 saturated carbocycles. The molecule has 0 radical (unpaired) electrons. The smallest absolute Gasteiger partial charge is 0.243 e. The third kappa shape index (κ3) is 4.12. The zero-order chi connectivity index (χ0) is 15.5. The van der Waals surface area contributed by atoms with Crippen LogP contribution in [0.1, 0.15) is 19.3 Å². The van der Waals surface area contributed by atoms with Gasteiger partial charge >= 0.3 is 0 Å². The monoisotopic (exact) mass is 319 g/mol. The van der Waals surface area contributed by atoms with Crippen LogP contribution in [-0.4, -0.2) is 39.5 Å². The number of benzene rings is 1. The molecule has 2 rings (SSSR count). The molecule has 1 fully saturated rings. The highest BCUT2D eigenvalue weighted by molar-refractivity contribution is 7.89. The van der Waals surface area contributed by atoms with Crippen molar-refractivity contribution in [2.75, 3.05) is 31.9 Å². The van der Waals surface area contributed by atoms with Crippen LogP contribution in [0.3, 0.4) is 0 Å². The maximum Gasteiger partial charge on any atom is 0.243 e. The second-order valence-corrected chi connectivity index (χ2v) is 6.84. The van der Waals surface area contributed by atoms with Gasteiger partial charge in [-0.3, -0.25) is 0 Å². The van der Waals surface area contributed by atoms with Gasteiger partial charge in [0.25, 0.3) is 0 Å². The Balaban J connectivity index is 1.93. The standard InChI is InChI=1S/C13H19F2N3O2S/c14-10-8-11(15)13(9-12(10)16)21(19,20)17-4-3-7-18-5-1-2-6-18/h8-9,17H,1-7,16H2. The third-order valence-electron chi connectivity index (χ3n) is 3.48. The van der Waals surface area contributed by atoms with Crippen LogP contribution >= 0.6 is 0 Å². The van der Waals surface area contributed by atoms with Gasteiger partial charge < -0.3 is 10.6 Å². The summed E-state index contributed by atoms with van der Waals surface area (Å²) in [6, 6.07) is 1.28. The van der Waals surface area contributed by atoms with Gasteiger partial charge in [-0.05, 0) is 45.0 Å². The van der Waals surface area contributed by atoms with E-state index in [1.165, 1.54) is 12.8 Å². The highest BCUT2D eigenvalue weighted by atomic mass is 32.2. The Morgan fingerprint density at radius 2 is 1.86 bits per heavy atom. The lowest BCUT2D eigenvalue weighted by atomic mass is 10.3. The molecular weight excluding hydrogens is 300 g/mol. The van der Waals surface area contributed by atoms with E-state index < -0.39 is 32.2 Å². The summed E-state index contributed by atoms with van der Waals surface area (Å²) in [6.45, 7) is 3.08. The SMILES string of the molecule is Nc1cc(S(=O)(=O)NCCCN2CCCC2)c(F)cc1F. The molecule has 0 atom stereocenters. The molecule has 0 amide bonds. The number of nitrogen functional groups attached to an aromatic ring is 1. The Kier molecular flexibility index (Phi) is 5.13. The van der Waals surface area contributed by atoms with Crippen molar-refractivity contribution in [3.05, 3.63) is 23.8 Å². The second-order valence-electron chi connectivity index (χ2n) is 5.10. The van der Waals surface area contributed by atoms with Crippen molar-refractivity contribution in [1.29, 1.82) is 0 Å². The molecule has 0 aliphatic carbocycles. The van der Waals surface area contributed by atoms with E-state index in [9.17, 15) is 17.2 Å². The van der Waals surface area contributed by atoms with Gasteiger partial charge in [-0.25, -0.2) is 21.9 Å². The maximum atomic E-state index is 13.6. The lowest BCUT2D eigenvalue weighted by Gasteiger charge is -2.14. The fourth-order valence-electron chi connectivity index (χ4n) is 2.34. The van der Waals surface area contributed by atoms with Crippen LogP contribution in [0.25, 0.3) is 0 Å². The highest BCUT2D eigenvalue weighted by Gasteiger charge is 2.21. The number of halogens is 2. The molecule has 5 nitrogen and oxygen atoms in total. The van der Waals surface area contributed by atoms with E-state index in [1.54, 1.807) is 0 Å². The van der Waals surface area contributed by atoms with Crippen LogP contribution in [0.2, 0.25) is 0 Å². The van der Waals surface area contributed by atoms with E-state index in [0.717, 1.165) is 25.7 Å². The summed E-state index contributed by atoms with van der Waals surface area (Å²) in [5, 5.41) is 0. The number of anilines is 1. The second kappa shape index (κ2) is 6.67. The van der Waals surface area contributed by atoms with E-state index in [4.69, 9.17) is 5.73 Å². The van der Waals surface area contributed by atoms with Crippen molar-refractivity contribution in [3.8, 4) is 0 Å². The third-order valence-corrected chi connectivity index (χ3v) is 4.96. The Morgan fingerprint density at radius 1 is 1.19 bits per heavy atom. The van der Waals surface area contributed by atoms with E-state index in [-0.39, 0.29) is 6.54 Å². The minimum absolute atomic E-state index is 0.204. The largest absolute Gasteiger partial charge is 0.396 e. The molecule has 1 heterocycles. The Morgan fingerprint density at radius 3 is 2.52 bits per heavy atom. The minimum Gasteiger partial charge on any atom is -0.396 e. The molecule has 118 valence electrons. The number of likely N-dealkylation sites (tertiary alicyclic amines) is 1. The van der Waals surface area contributed by atoms with Gasteiger partial charge in [0.05, 0.1) is 5.69 Å². The number of hydrogen-bond acceptors (Lipinski definition) is 4. The number of sulfonamides is 1. The topological polar surface area (TPSA) is 75.4 Å². The lowest BCUT2D eigenvalue weighted by molar-refractivity contribution is 0.334. The van der Waals surface area contributed by atoms with Crippen LogP contribution in [0, 0.1) is 11.6 Å². The van der Waals surface area contributed by atoms with Crippen molar-refractivity contribution >= 4 is 15.7 Å². The van der Waals surface area contributed by atoms with Crippen LogP contribution in [-0.2, 0) is 10.0 Å². The van der Waals surface area contributed by atoms with E-state index in [2.05, 4.69) is 9.62 Å². The molecule has 0 spiro atoms. The summed E-state index contributed by atoms with van der Waals surface area (Å²) in [5.74, 6) is -2.12. The quantitative estimate of drug-likeness (QED) is 0.612. The first kappa shape index (κ1) is 16.1. The molecule has 1 aliphatic rings. The fourth-order valence-corrected chi connectivity index (χ4v) is 3.51. The van der Waals surface area contributed by atoms with Crippen LogP contribution in [0.15, 0.2) is 17.0 Å². The van der Waals surface area contributed by atoms with Crippen LogP contribution in [0.5, 0.6) is 0 Å². The first-order valence-corrected chi connectivity index (χ1v) is 8.35. The Bertz CT molecular complexity index is 602. The summed E-state index contributed by atoms with van der Waals surface area (Å²) in [5.41, 5.74) is 4.89. The van der Waals surface area contributed by atoms with Gasteiger partial charge in [0.2, 0.25) is 10.0 Å². The zero-order valence-electron chi connectivity index (χ0n) is 11.6. The average molecular weight is 319 g/mol. The Hall–Kier alpha value is -1.25. The van der Waals surface area contributed by atoms with E-state index >= 15 is 0 Å². The molecule has 3 N–H and O–H groups in total. The summed E-state index contributed by atoms with van der Waals surface area (Å²) in [6.07, 6.45) is 2.98. The molecule has 1 aromatic carbocycles.